The molecule has 30 heavy (non-hydrogen) atoms. The van der Waals surface area contributed by atoms with Gasteiger partial charge in [-0.15, -0.1) is 0 Å². The number of piperazine rings is 1. The van der Waals surface area contributed by atoms with Gasteiger partial charge in [0.25, 0.3) is 0 Å². The monoisotopic (exact) mass is 412 g/mol. The number of rotatable bonds is 7. The van der Waals surface area contributed by atoms with Gasteiger partial charge in [-0.25, -0.2) is 4.79 Å². The summed E-state index contributed by atoms with van der Waals surface area (Å²) in [5.74, 6) is -0.262. The van der Waals surface area contributed by atoms with Gasteiger partial charge in [0.2, 0.25) is 0 Å². The van der Waals surface area contributed by atoms with E-state index in [0.29, 0.717) is 5.56 Å². The lowest BCUT2D eigenvalue weighted by Gasteiger charge is -2.39. The van der Waals surface area contributed by atoms with Crippen LogP contribution in [0.1, 0.15) is 48.3 Å². The van der Waals surface area contributed by atoms with Crippen LogP contribution >= 0.6 is 0 Å². The third-order valence-corrected chi connectivity index (χ3v) is 5.68. The van der Waals surface area contributed by atoms with Crippen molar-refractivity contribution in [3.05, 3.63) is 53.3 Å². The Bertz CT molecular complexity index is 834. The van der Waals surface area contributed by atoms with Gasteiger partial charge >= 0.3 is 5.97 Å². The summed E-state index contributed by atoms with van der Waals surface area (Å²) in [5, 5.41) is 6.90. The molecule has 3 heterocycles. The summed E-state index contributed by atoms with van der Waals surface area (Å²) in [6.07, 6.45) is 5.01. The van der Waals surface area contributed by atoms with Gasteiger partial charge < -0.3 is 14.4 Å². The summed E-state index contributed by atoms with van der Waals surface area (Å²) in [7, 11) is 0. The summed E-state index contributed by atoms with van der Waals surface area (Å²) in [6, 6.07) is 7.92. The first-order valence-corrected chi connectivity index (χ1v) is 10.8. The molecule has 2 unspecified atom stereocenters. The molecule has 7 nitrogen and oxygen atoms in total. The fourth-order valence-corrected chi connectivity index (χ4v) is 4.11. The predicted molar refractivity (Wildman–Crippen MR) is 114 cm³/mol. The normalized spacial score (nSPS) is 21.4. The van der Waals surface area contributed by atoms with Gasteiger partial charge in [-0.1, -0.05) is 18.2 Å². The van der Waals surface area contributed by atoms with E-state index in [1.165, 1.54) is 5.56 Å². The molecule has 0 radical (unpaired) electrons. The summed E-state index contributed by atoms with van der Waals surface area (Å²) < 4.78 is 11.4. The number of carbonyl (C=O) groups is 1. The van der Waals surface area contributed by atoms with E-state index < -0.39 is 5.60 Å². The third kappa shape index (κ3) is 5.28. The van der Waals surface area contributed by atoms with Crippen molar-refractivity contribution in [1.82, 2.24) is 20.0 Å². The Kier molecular flexibility index (Phi) is 6.22. The molecule has 2 saturated heterocycles. The van der Waals surface area contributed by atoms with Crippen LogP contribution in [0, 0.1) is 0 Å². The number of esters is 1. The van der Waals surface area contributed by atoms with Crippen LogP contribution in [0.4, 0.5) is 0 Å². The number of benzene rings is 1. The highest BCUT2D eigenvalue weighted by atomic mass is 16.6. The number of carbonyl (C=O) groups excluding carboxylic acids is 1. The average Bonchev–Trinajstić information content (AvgIpc) is 3.40. The fourth-order valence-electron chi connectivity index (χ4n) is 4.11. The van der Waals surface area contributed by atoms with Gasteiger partial charge in [0.05, 0.1) is 24.4 Å². The van der Waals surface area contributed by atoms with Crippen LogP contribution in [-0.2, 0) is 15.9 Å². The number of hydrogen-bond acceptors (Lipinski definition) is 6. The zero-order valence-electron chi connectivity index (χ0n) is 18.1. The van der Waals surface area contributed by atoms with E-state index in [1.54, 1.807) is 0 Å². The molecule has 2 aliphatic rings. The Morgan fingerprint density at radius 3 is 2.63 bits per heavy atom. The van der Waals surface area contributed by atoms with Crippen LogP contribution in [0.25, 0.3) is 0 Å². The highest BCUT2D eigenvalue weighted by molar-refractivity contribution is 5.91. The van der Waals surface area contributed by atoms with Crippen molar-refractivity contribution < 1.29 is 14.3 Å². The van der Waals surface area contributed by atoms with E-state index in [-0.39, 0.29) is 18.1 Å². The van der Waals surface area contributed by atoms with Gasteiger partial charge in [0, 0.05) is 38.9 Å². The van der Waals surface area contributed by atoms with Gasteiger partial charge in [0.1, 0.15) is 11.7 Å². The van der Waals surface area contributed by atoms with E-state index in [4.69, 9.17) is 9.47 Å². The predicted octanol–water partition coefficient (Wildman–Crippen LogP) is 2.67. The topological polar surface area (TPSA) is 74.0 Å². The molecule has 2 aliphatic heterocycles. The highest BCUT2D eigenvalue weighted by Crippen LogP contribution is 2.36. The van der Waals surface area contributed by atoms with Crippen molar-refractivity contribution >= 4 is 5.97 Å². The van der Waals surface area contributed by atoms with Gasteiger partial charge in [-0.3, -0.25) is 10.00 Å². The number of aromatic nitrogens is 2. The van der Waals surface area contributed by atoms with Crippen LogP contribution < -0.4 is 0 Å². The molecular formula is C23H32N4O3. The van der Waals surface area contributed by atoms with E-state index in [0.717, 1.165) is 51.3 Å². The lowest BCUT2D eigenvalue weighted by molar-refractivity contribution is 0.00639. The van der Waals surface area contributed by atoms with Crippen LogP contribution in [-0.4, -0.2) is 77.0 Å². The Morgan fingerprint density at radius 1 is 1.27 bits per heavy atom. The van der Waals surface area contributed by atoms with Crippen molar-refractivity contribution in [3.8, 4) is 0 Å². The summed E-state index contributed by atoms with van der Waals surface area (Å²) in [4.78, 5) is 17.8. The van der Waals surface area contributed by atoms with Crippen LogP contribution in [0.5, 0.6) is 0 Å². The molecule has 1 N–H and O–H groups in total. The quantitative estimate of drug-likeness (QED) is 0.557. The second-order valence-electron chi connectivity index (χ2n) is 9.14. The molecule has 4 rings (SSSR count). The Morgan fingerprint density at radius 2 is 2.00 bits per heavy atom. The number of nitrogens with one attached hydrogen (secondary N) is 1. The molecule has 2 fully saturated rings. The molecular weight excluding hydrogens is 380 g/mol. The molecule has 0 spiro atoms. The lowest BCUT2D eigenvalue weighted by atomic mass is 9.95. The molecule has 0 aliphatic carbocycles. The maximum Gasteiger partial charge on any atom is 0.338 e. The first-order valence-electron chi connectivity index (χ1n) is 10.8. The first kappa shape index (κ1) is 21.0. The Hall–Kier alpha value is -2.22. The number of epoxide rings is 1. The number of H-pyrrole nitrogens is 1. The van der Waals surface area contributed by atoms with Crippen molar-refractivity contribution in [2.24, 2.45) is 0 Å². The SMILES string of the molecule is CC(C)(C)OC(=O)c1ccccc1C(C1CO1)N1CCN(CCc2cn[nH]c2)CC1. The van der Waals surface area contributed by atoms with Crippen molar-refractivity contribution in [2.75, 3.05) is 39.3 Å². The second-order valence-corrected chi connectivity index (χ2v) is 9.14. The van der Waals surface area contributed by atoms with Gasteiger partial charge in [-0.05, 0) is 44.4 Å². The minimum atomic E-state index is -0.517. The molecule has 0 saturated carbocycles. The largest absolute Gasteiger partial charge is 0.456 e. The number of aromatic amines is 1. The van der Waals surface area contributed by atoms with E-state index >= 15 is 0 Å². The van der Waals surface area contributed by atoms with Crippen LogP contribution in [0.3, 0.4) is 0 Å². The zero-order valence-corrected chi connectivity index (χ0v) is 18.1. The molecule has 0 amide bonds. The zero-order chi connectivity index (χ0) is 21.1. The fraction of sp³-hybridized carbons (Fsp3) is 0.565. The molecule has 1 aromatic heterocycles. The van der Waals surface area contributed by atoms with E-state index in [9.17, 15) is 4.79 Å². The molecule has 162 valence electrons. The van der Waals surface area contributed by atoms with Crippen molar-refractivity contribution in [3.63, 3.8) is 0 Å². The number of ether oxygens (including phenoxy) is 2. The molecule has 1 aromatic carbocycles. The molecule has 0 bridgehead atoms. The maximum absolute atomic E-state index is 12.9. The third-order valence-electron chi connectivity index (χ3n) is 5.68. The van der Waals surface area contributed by atoms with Crippen molar-refractivity contribution in [1.29, 1.82) is 0 Å². The van der Waals surface area contributed by atoms with E-state index in [1.807, 2.05) is 51.4 Å². The van der Waals surface area contributed by atoms with Gasteiger partial charge in [0.15, 0.2) is 0 Å². The first-order chi connectivity index (χ1) is 14.4. The number of hydrogen-bond donors (Lipinski definition) is 1. The Balaban J connectivity index is 1.43. The van der Waals surface area contributed by atoms with Gasteiger partial charge in [-0.2, -0.15) is 5.10 Å². The van der Waals surface area contributed by atoms with E-state index in [2.05, 4.69) is 26.1 Å². The highest BCUT2D eigenvalue weighted by Gasteiger charge is 2.41. The summed E-state index contributed by atoms with van der Waals surface area (Å²) >= 11 is 0. The van der Waals surface area contributed by atoms with Crippen LogP contribution in [0.2, 0.25) is 0 Å². The molecule has 2 aromatic rings. The van der Waals surface area contributed by atoms with Crippen LogP contribution in [0.15, 0.2) is 36.7 Å². The standard InChI is InChI=1S/C23H32N4O3/c1-23(2,3)30-22(28)19-7-5-4-6-18(19)21(20-16-29-20)27-12-10-26(11-13-27)9-8-17-14-24-25-15-17/h4-7,14-15,20-21H,8-13,16H2,1-3H3,(H,24,25). The average molecular weight is 413 g/mol. The van der Waals surface area contributed by atoms with Crippen molar-refractivity contribution in [2.45, 2.75) is 44.9 Å². The smallest absolute Gasteiger partial charge is 0.338 e. The second kappa shape index (κ2) is 8.88. The molecule has 2 atom stereocenters. The Labute approximate surface area is 178 Å². The summed E-state index contributed by atoms with van der Waals surface area (Å²) in [5.41, 5.74) is 2.39. The summed E-state index contributed by atoms with van der Waals surface area (Å²) in [6.45, 7) is 11.4. The minimum absolute atomic E-state index is 0.0877. The minimum Gasteiger partial charge on any atom is -0.456 e. The molecule has 7 heteroatoms. The maximum atomic E-state index is 12.9. The number of nitrogens with zero attached hydrogens (tertiary/aromatic N) is 3. The lowest BCUT2D eigenvalue weighted by Crippen LogP contribution is -2.49.